The molecule has 5 N–H and O–H groups in total. The van der Waals surface area contributed by atoms with Crippen molar-refractivity contribution in [2.75, 3.05) is 16.7 Å². The molecule has 0 heterocycles. The van der Waals surface area contributed by atoms with Crippen LogP contribution in [-0.4, -0.2) is 29.7 Å². The second-order valence-corrected chi connectivity index (χ2v) is 9.48. The van der Waals surface area contributed by atoms with Crippen LogP contribution in [0, 0.1) is 5.41 Å². The van der Waals surface area contributed by atoms with Gasteiger partial charge in [-0.05, 0) is 42.5 Å². The van der Waals surface area contributed by atoms with Crippen molar-refractivity contribution in [2.45, 2.75) is 9.79 Å². The molecule has 0 aliphatic heterocycles. The van der Waals surface area contributed by atoms with Crippen LogP contribution in [0.5, 0.6) is 5.75 Å². The quantitative estimate of drug-likeness (QED) is 0.353. The van der Waals surface area contributed by atoms with Crippen molar-refractivity contribution in [1.82, 2.24) is 0 Å². The number of rotatable bonds is 6. The molecular weight excluding hydrogens is 410 g/mol. The molecule has 0 saturated carbocycles. The van der Waals surface area contributed by atoms with Crippen LogP contribution in [0.2, 0.25) is 0 Å². The van der Waals surface area contributed by atoms with Crippen molar-refractivity contribution in [2.24, 2.45) is 0 Å². The molecule has 7 nitrogen and oxygen atoms in total. The smallest absolute Gasteiger partial charge is 0.176 e. The van der Waals surface area contributed by atoms with Gasteiger partial charge in [0.2, 0.25) is 0 Å². The Balaban J connectivity index is 1.93. The summed E-state index contributed by atoms with van der Waals surface area (Å²) in [6.07, 6.45) is 1.06. The summed E-state index contributed by atoms with van der Waals surface area (Å²) in [5, 5.41) is 18.0. The summed E-state index contributed by atoms with van der Waals surface area (Å²) in [5.74, 6) is 0.0265. The molecular formula is C20H19N3O4S2. The van der Waals surface area contributed by atoms with Crippen molar-refractivity contribution in [1.29, 1.82) is 5.41 Å². The molecule has 3 rings (SSSR count). The molecule has 0 aliphatic carbocycles. The van der Waals surface area contributed by atoms with Crippen LogP contribution in [-0.2, 0) is 20.8 Å². The number of aromatic hydroxyl groups is 1. The number of hydrogen-bond acceptors (Lipinski definition) is 6. The topological polar surface area (TPSA) is 133 Å². The van der Waals surface area contributed by atoms with Gasteiger partial charge in [0.15, 0.2) is 20.8 Å². The standard InChI is InChI=1S/C20H19N3O4S2/c1-29(26,27)19-8-3-2-7-18(19)28(25)23-14-9-10-17(21)16(12-14)20(22)13-5-4-6-15(24)11-13/h2-12,22-24H,21H2,1H3. The minimum absolute atomic E-state index is 0.0194. The average Bonchev–Trinajstić information content (AvgIpc) is 2.68. The van der Waals surface area contributed by atoms with Gasteiger partial charge in [-0.1, -0.05) is 24.3 Å². The van der Waals surface area contributed by atoms with Crippen molar-refractivity contribution in [3.05, 3.63) is 77.9 Å². The van der Waals surface area contributed by atoms with E-state index in [0.29, 0.717) is 22.5 Å². The highest BCUT2D eigenvalue weighted by Gasteiger charge is 2.18. The van der Waals surface area contributed by atoms with Gasteiger partial charge in [0, 0.05) is 28.8 Å². The van der Waals surface area contributed by atoms with E-state index in [0.717, 1.165) is 6.26 Å². The van der Waals surface area contributed by atoms with E-state index in [1.54, 1.807) is 42.5 Å². The Morgan fingerprint density at radius 2 is 1.79 bits per heavy atom. The molecule has 0 bridgehead atoms. The third kappa shape index (κ3) is 4.64. The van der Waals surface area contributed by atoms with Crippen LogP contribution in [0.1, 0.15) is 11.1 Å². The van der Waals surface area contributed by atoms with Crippen molar-refractivity contribution >= 4 is 37.9 Å². The Bertz CT molecular complexity index is 1220. The predicted molar refractivity (Wildman–Crippen MR) is 114 cm³/mol. The lowest BCUT2D eigenvalue weighted by Crippen LogP contribution is -2.11. The summed E-state index contributed by atoms with van der Waals surface area (Å²) in [4.78, 5) is 0.116. The normalized spacial score (nSPS) is 12.3. The molecule has 1 atom stereocenters. The highest BCUT2D eigenvalue weighted by molar-refractivity contribution is 7.92. The molecule has 3 aromatic rings. The summed E-state index contributed by atoms with van der Waals surface area (Å²) in [6, 6.07) is 17.0. The van der Waals surface area contributed by atoms with Crippen molar-refractivity contribution in [3.63, 3.8) is 0 Å². The van der Waals surface area contributed by atoms with Crippen LogP contribution in [0.3, 0.4) is 0 Å². The molecule has 150 valence electrons. The monoisotopic (exact) mass is 429 g/mol. The van der Waals surface area contributed by atoms with Crippen LogP contribution >= 0.6 is 0 Å². The number of nitrogens with one attached hydrogen (secondary N) is 2. The number of anilines is 2. The van der Waals surface area contributed by atoms with Gasteiger partial charge in [0.1, 0.15) is 5.75 Å². The Labute approximate surface area is 171 Å². The fourth-order valence-electron chi connectivity index (χ4n) is 2.72. The molecule has 0 fully saturated rings. The first-order valence-electron chi connectivity index (χ1n) is 8.42. The number of nitrogen functional groups attached to an aromatic ring is 1. The highest BCUT2D eigenvalue weighted by Crippen LogP contribution is 2.25. The van der Waals surface area contributed by atoms with Gasteiger partial charge in [0.05, 0.1) is 15.5 Å². The van der Waals surface area contributed by atoms with Crippen molar-refractivity contribution in [3.8, 4) is 5.75 Å². The summed E-state index contributed by atoms with van der Waals surface area (Å²) in [5.41, 5.74) is 7.69. The van der Waals surface area contributed by atoms with Gasteiger partial charge in [-0.2, -0.15) is 0 Å². The molecule has 1 unspecified atom stereocenters. The molecule has 0 saturated heterocycles. The Morgan fingerprint density at radius 3 is 2.48 bits per heavy atom. The molecule has 9 heteroatoms. The third-order valence-corrected chi connectivity index (χ3v) is 6.58. The maximum Gasteiger partial charge on any atom is 0.176 e. The van der Waals surface area contributed by atoms with E-state index in [1.807, 2.05) is 0 Å². The van der Waals surface area contributed by atoms with E-state index < -0.39 is 20.8 Å². The SMILES string of the molecule is CS(=O)(=O)c1ccccc1S(=O)Nc1ccc(N)c(C(=N)c2cccc(O)c2)c1. The highest BCUT2D eigenvalue weighted by atomic mass is 32.2. The summed E-state index contributed by atoms with van der Waals surface area (Å²) >= 11 is 0. The summed E-state index contributed by atoms with van der Waals surface area (Å²) in [7, 11) is -5.40. The van der Waals surface area contributed by atoms with Crippen LogP contribution in [0.4, 0.5) is 11.4 Å². The number of phenolic OH excluding ortho intramolecular Hbond substituents is 1. The maximum atomic E-state index is 12.8. The third-order valence-electron chi connectivity index (χ3n) is 4.12. The number of nitrogens with two attached hydrogens (primary N) is 1. The zero-order valence-electron chi connectivity index (χ0n) is 15.4. The first-order chi connectivity index (χ1) is 13.7. The van der Waals surface area contributed by atoms with Crippen molar-refractivity contribution < 1.29 is 17.7 Å². The Morgan fingerprint density at radius 1 is 1.07 bits per heavy atom. The lowest BCUT2D eigenvalue weighted by Gasteiger charge is -2.13. The lowest BCUT2D eigenvalue weighted by molar-refractivity contribution is 0.475. The molecule has 3 aromatic carbocycles. The van der Waals surface area contributed by atoms with Gasteiger partial charge in [-0.3, -0.25) is 5.41 Å². The Hall–Kier alpha value is -3.17. The van der Waals surface area contributed by atoms with Gasteiger partial charge in [-0.25, -0.2) is 12.6 Å². The first kappa shape index (κ1) is 20.6. The largest absolute Gasteiger partial charge is 0.508 e. The van der Waals surface area contributed by atoms with Crippen LogP contribution < -0.4 is 10.5 Å². The number of hydrogen-bond donors (Lipinski definition) is 4. The number of benzene rings is 3. The summed E-state index contributed by atoms with van der Waals surface area (Å²) in [6.45, 7) is 0. The molecule has 0 spiro atoms. The fourth-order valence-corrected chi connectivity index (χ4v) is 5.07. The minimum Gasteiger partial charge on any atom is -0.508 e. The zero-order chi connectivity index (χ0) is 21.2. The average molecular weight is 430 g/mol. The Kier molecular flexibility index (Phi) is 5.71. The molecule has 0 aliphatic rings. The van der Waals surface area contributed by atoms with Gasteiger partial charge < -0.3 is 15.6 Å². The van der Waals surface area contributed by atoms with Gasteiger partial charge in [-0.15, -0.1) is 0 Å². The number of sulfone groups is 1. The summed E-state index contributed by atoms with van der Waals surface area (Å²) < 4.78 is 39.5. The zero-order valence-corrected chi connectivity index (χ0v) is 17.0. The van der Waals surface area contributed by atoms with E-state index in [-0.39, 0.29) is 21.3 Å². The van der Waals surface area contributed by atoms with E-state index in [1.165, 1.54) is 24.3 Å². The first-order valence-corrected chi connectivity index (χ1v) is 11.5. The van der Waals surface area contributed by atoms with Gasteiger partial charge in [0.25, 0.3) is 0 Å². The number of phenols is 1. The van der Waals surface area contributed by atoms with Crippen LogP contribution in [0.25, 0.3) is 0 Å². The van der Waals surface area contributed by atoms with E-state index >= 15 is 0 Å². The predicted octanol–water partition coefficient (Wildman–Crippen LogP) is 2.93. The van der Waals surface area contributed by atoms with E-state index in [9.17, 15) is 17.7 Å². The molecule has 0 radical (unpaired) electrons. The van der Waals surface area contributed by atoms with Gasteiger partial charge >= 0.3 is 0 Å². The molecule has 29 heavy (non-hydrogen) atoms. The minimum atomic E-state index is -3.55. The van der Waals surface area contributed by atoms with E-state index in [4.69, 9.17) is 11.1 Å². The molecule has 0 amide bonds. The van der Waals surface area contributed by atoms with E-state index in [2.05, 4.69) is 4.72 Å². The van der Waals surface area contributed by atoms with Crippen LogP contribution in [0.15, 0.2) is 76.5 Å². The second kappa shape index (κ2) is 8.06. The maximum absolute atomic E-state index is 12.8. The molecule has 0 aromatic heterocycles. The fraction of sp³-hybridized carbons (Fsp3) is 0.0500. The second-order valence-electron chi connectivity index (χ2n) is 6.32. The lowest BCUT2D eigenvalue weighted by atomic mass is 10.0.